The Morgan fingerprint density at radius 2 is 1.65 bits per heavy atom. The van der Waals surface area contributed by atoms with Gasteiger partial charge in [0.05, 0.1) is 0 Å². The molecule has 0 aliphatic heterocycles. The molecule has 2 aromatic carbocycles. The van der Waals surface area contributed by atoms with Crippen LogP contribution in [0.5, 0.6) is 0 Å². The molecule has 0 aromatic heterocycles. The molecule has 0 radical (unpaired) electrons. The molecule has 0 atom stereocenters. The fourth-order valence-corrected chi connectivity index (χ4v) is 4.28. The van der Waals surface area contributed by atoms with E-state index < -0.39 is 17.5 Å². The van der Waals surface area contributed by atoms with Gasteiger partial charge in [0.1, 0.15) is 5.82 Å². The molecule has 1 saturated carbocycles. The van der Waals surface area contributed by atoms with E-state index in [1.807, 2.05) is 19.1 Å². The van der Waals surface area contributed by atoms with Crippen molar-refractivity contribution in [3.05, 3.63) is 52.9 Å². The molecule has 0 nitrogen and oxygen atoms in total. The number of halogens is 3. The van der Waals surface area contributed by atoms with Crippen LogP contribution in [-0.4, -0.2) is 0 Å². The fourth-order valence-electron chi connectivity index (χ4n) is 4.28. The molecule has 4 rings (SSSR count). The van der Waals surface area contributed by atoms with Gasteiger partial charge in [-0.3, -0.25) is 0 Å². The largest absolute Gasteiger partial charge is 0.206 e. The van der Waals surface area contributed by atoms with Crippen LogP contribution in [0, 0.1) is 23.4 Å². The highest BCUT2D eigenvalue weighted by Gasteiger charge is 2.33. The van der Waals surface area contributed by atoms with Crippen molar-refractivity contribution in [2.24, 2.45) is 5.92 Å². The lowest BCUT2D eigenvalue weighted by Gasteiger charge is -2.27. The van der Waals surface area contributed by atoms with Crippen LogP contribution in [0.15, 0.2) is 24.3 Å². The van der Waals surface area contributed by atoms with Gasteiger partial charge in [0.15, 0.2) is 11.6 Å². The maximum absolute atomic E-state index is 14.7. The van der Waals surface area contributed by atoms with Gasteiger partial charge in [-0.05, 0) is 47.9 Å². The Morgan fingerprint density at radius 1 is 0.923 bits per heavy atom. The van der Waals surface area contributed by atoms with Crippen LogP contribution in [0.2, 0.25) is 0 Å². The molecule has 1 fully saturated rings. The summed E-state index contributed by atoms with van der Waals surface area (Å²) in [4.78, 5) is 0. The van der Waals surface area contributed by atoms with Crippen LogP contribution in [0.4, 0.5) is 13.2 Å². The smallest absolute Gasteiger partial charge is 0.168 e. The lowest BCUT2D eigenvalue weighted by Crippen LogP contribution is -2.10. The molecule has 3 heteroatoms. The quantitative estimate of drug-likeness (QED) is 0.460. The zero-order valence-electron chi connectivity index (χ0n) is 15.0. The third-order valence-corrected chi connectivity index (χ3v) is 5.71. The van der Waals surface area contributed by atoms with Crippen LogP contribution in [-0.2, 0) is 6.42 Å². The third-order valence-electron chi connectivity index (χ3n) is 5.71. The first-order chi connectivity index (χ1) is 12.6. The van der Waals surface area contributed by atoms with E-state index in [1.165, 1.54) is 19.3 Å². The van der Waals surface area contributed by atoms with Gasteiger partial charge in [-0.25, -0.2) is 13.2 Å². The summed E-state index contributed by atoms with van der Waals surface area (Å²) < 4.78 is 43.9. The van der Waals surface area contributed by atoms with Crippen molar-refractivity contribution >= 4 is 6.08 Å². The molecule has 2 aliphatic carbocycles. The minimum Gasteiger partial charge on any atom is -0.206 e. The van der Waals surface area contributed by atoms with Gasteiger partial charge >= 0.3 is 0 Å². The summed E-state index contributed by atoms with van der Waals surface area (Å²) >= 11 is 0. The zero-order valence-corrected chi connectivity index (χ0v) is 15.0. The van der Waals surface area contributed by atoms with E-state index in [9.17, 15) is 13.2 Å². The van der Waals surface area contributed by atoms with Gasteiger partial charge in [0.25, 0.3) is 0 Å². The number of allylic oxidation sites excluding steroid dienone is 1. The normalized spacial score (nSPS) is 16.5. The van der Waals surface area contributed by atoms with E-state index in [0.717, 1.165) is 19.3 Å². The van der Waals surface area contributed by atoms with E-state index >= 15 is 0 Å². The average molecular weight is 356 g/mol. The van der Waals surface area contributed by atoms with Crippen molar-refractivity contribution < 1.29 is 13.2 Å². The van der Waals surface area contributed by atoms with Crippen LogP contribution in [0.1, 0.15) is 56.6 Å². The van der Waals surface area contributed by atoms with Crippen molar-refractivity contribution in [1.82, 2.24) is 0 Å². The zero-order chi connectivity index (χ0) is 18.3. The minimum absolute atomic E-state index is 0.0998. The van der Waals surface area contributed by atoms with Gasteiger partial charge in [-0.2, -0.15) is 0 Å². The molecule has 0 heterocycles. The molecule has 0 spiro atoms. The summed E-state index contributed by atoms with van der Waals surface area (Å²) in [6, 6.07) is 5.26. The fraction of sp³-hybridized carbons (Fsp3) is 0.391. The van der Waals surface area contributed by atoms with E-state index in [2.05, 4.69) is 0 Å². The molecule has 26 heavy (non-hydrogen) atoms. The molecule has 0 unspecified atom stereocenters. The maximum atomic E-state index is 14.7. The highest BCUT2D eigenvalue weighted by molar-refractivity contribution is 6.03. The molecule has 2 aliphatic rings. The summed E-state index contributed by atoms with van der Waals surface area (Å²) in [5.41, 5.74) is 2.47. The molecule has 0 bridgehead atoms. The average Bonchev–Trinajstić information content (AvgIpc) is 2.64. The molecular formula is C23H23F3. The predicted octanol–water partition coefficient (Wildman–Crippen LogP) is 7.30. The number of hydrogen-bond donors (Lipinski definition) is 0. The Hall–Kier alpha value is -2.03. The lowest BCUT2D eigenvalue weighted by atomic mass is 9.77. The lowest BCUT2D eigenvalue weighted by molar-refractivity contribution is 0.420. The molecule has 0 amide bonds. The molecule has 0 saturated heterocycles. The number of hydrogen-bond acceptors (Lipinski definition) is 0. The summed E-state index contributed by atoms with van der Waals surface area (Å²) in [5, 5.41) is 0. The molecule has 136 valence electrons. The van der Waals surface area contributed by atoms with Crippen molar-refractivity contribution in [1.29, 1.82) is 0 Å². The van der Waals surface area contributed by atoms with Gasteiger partial charge in [0.2, 0.25) is 0 Å². The maximum Gasteiger partial charge on any atom is 0.168 e. The van der Waals surface area contributed by atoms with Crippen LogP contribution in [0.3, 0.4) is 0 Å². The second kappa shape index (κ2) is 6.94. The SMILES string of the molecule is CCCc1ccc2c(c1F)-c1c-2cc(/C=C/C2CCCCC2)c(F)c1F. The summed E-state index contributed by atoms with van der Waals surface area (Å²) in [7, 11) is 0. The topological polar surface area (TPSA) is 0 Å². The van der Waals surface area contributed by atoms with E-state index in [0.29, 0.717) is 29.0 Å². The van der Waals surface area contributed by atoms with Gasteiger partial charge in [-0.15, -0.1) is 0 Å². The minimum atomic E-state index is -0.925. The highest BCUT2D eigenvalue weighted by atomic mass is 19.2. The summed E-state index contributed by atoms with van der Waals surface area (Å²) in [6.07, 6.45) is 11.0. The number of rotatable bonds is 4. The van der Waals surface area contributed by atoms with E-state index in [-0.39, 0.29) is 16.7 Å². The van der Waals surface area contributed by atoms with Gasteiger partial charge < -0.3 is 0 Å². The van der Waals surface area contributed by atoms with Crippen LogP contribution < -0.4 is 0 Å². The Balaban J connectivity index is 1.70. The molecule has 2 aromatic rings. The Bertz CT molecular complexity index is 874. The standard InChI is InChI=1S/C23H23F3/c1-2-6-15-11-12-17-18-13-16(10-9-14-7-4-3-5-8-14)22(25)23(26)20(18)19(17)21(15)24/h9-14H,2-8H2,1H3/b10-9+. The van der Waals surface area contributed by atoms with Crippen molar-refractivity contribution in [2.45, 2.75) is 51.9 Å². The van der Waals surface area contributed by atoms with Crippen molar-refractivity contribution in [3.8, 4) is 22.3 Å². The van der Waals surface area contributed by atoms with Gasteiger partial charge in [-0.1, -0.05) is 56.9 Å². The number of benzene rings is 2. The monoisotopic (exact) mass is 356 g/mol. The first kappa shape index (κ1) is 17.4. The first-order valence-electron chi connectivity index (χ1n) is 9.64. The molecule has 0 N–H and O–H groups in total. The predicted molar refractivity (Wildman–Crippen MR) is 100 cm³/mol. The summed E-state index contributed by atoms with van der Waals surface area (Å²) in [6.45, 7) is 1.97. The number of aryl methyl sites for hydroxylation is 1. The van der Waals surface area contributed by atoms with Crippen LogP contribution in [0.25, 0.3) is 28.3 Å². The second-order valence-electron chi connectivity index (χ2n) is 7.48. The molecular weight excluding hydrogens is 333 g/mol. The van der Waals surface area contributed by atoms with Crippen molar-refractivity contribution in [2.75, 3.05) is 0 Å². The second-order valence-corrected chi connectivity index (χ2v) is 7.48. The van der Waals surface area contributed by atoms with Crippen molar-refractivity contribution in [3.63, 3.8) is 0 Å². The van der Waals surface area contributed by atoms with Gasteiger partial charge in [0, 0.05) is 16.7 Å². The number of fused-ring (bicyclic) bond motifs is 4. The summed E-state index contributed by atoms with van der Waals surface area (Å²) in [5.74, 6) is -1.76. The van der Waals surface area contributed by atoms with E-state index in [1.54, 1.807) is 18.2 Å². The van der Waals surface area contributed by atoms with E-state index in [4.69, 9.17) is 0 Å². The third kappa shape index (κ3) is 2.78. The first-order valence-corrected chi connectivity index (χ1v) is 9.64. The highest BCUT2D eigenvalue weighted by Crippen LogP contribution is 2.51. The van der Waals surface area contributed by atoms with Crippen LogP contribution >= 0.6 is 0 Å². The Labute approximate surface area is 152 Å². The Morgan fingerprint density at radius 3 is 2.38 bits per heavy atom. The Kier molecular flexibility index (Phi) is 4.64.